The van der Waals surface area contributed by atoms with Crippen LogP contribution in [-0.2, 0) is 16.1 Å². The third-order valence-electron chi connectivity index (χ3n) is 4.03. The first-order valence-electron chi connectivity index (χ1n) is 7.72. The highest BCUT2D eigenvalue weighted by molar-refractivity contribution is 6.31. The molecule has 1 fully saturated rings. The van der Waals surface area contributed by atoms with Crippen molar-refractivity contribution in [2.24, 2.45) is 11.8 Å². The van der Waals surface area contributed by atoms with Gasteiger partial charge in [-0.25, -0.2) is 4.39 Å². The highest BCUT2D eigenvalue weighted by Crippen LogP contribution is 2.39. The molecule has 0 bridgehead atoms. The molecular formula is C18H15Cl2FN2O2. The predicted octanol–water partition coefficient (Wildman–Crippen LogP) is 4.02. The summed E-state index contributed by atoms with van der Waals surface area (Å²) in [5.41, 5.74) is 1.34. The molecule has 1 aliphatic carbocycles. The van der Waals surface area contributed by atoms with Crippen LogP contribution in [0.3, 0.4) is 0 Å². The first-order valence-corrected chi connectivity index (χ1v) is 8.47. The minimum absolute atomic E-state index is 0.0640. The van der Waals surface area contributed by atoms with Crippen molar-refractivity contribution in [2.75, 3.05) is 5.32 Å². The fraction of sp³-hybridized carbons (Fsp3) is 0.222. The van der Waals surface area contributed by atoms with Gasteiger partial charge in [-0.15, -0.1) is 0 Å². The van der Waals surface area contributed by atoms with Crippen molar-refractivity contribution in [3.63, 3.8) is 0 Å². The summed E-state index contributed by atoms with van der Waals surface area (Å²) in [7, 11) is 0. The molecule has 0 heterocycles. The summed E-state index contributed by atoms with van der Waals surface area (Å²) >= 11 is 11.5. The van der Waals surface area contributed by atoms with Gasteiger partial charge in [-0.3, -0.25) is 9.59 Å². The number of nitrogens with one attached hydrogen (secondary N) is 2. The van der Waals surface area contributed by atoms with Gasteiger partial charge in [0.25, 0.3) is 0 Å². The van der Waals surface area contributed by atoms with Gasteiger partial charge in [0, 0.05) is 17.3 Å². The van der Waals surface area contributed by atoms with Crippen LogP contribution in [0.4, 0.5) is 10.1 Å². The van der Waals surface area contributed by atoms with Crippen LogP contribution < -0.4 is 10.6 Å². The average molecular weight is 381 g/mol. The van der Waals surface area contributed by atoms with Crippen molar-refractivity contribution >= 4 is 40.7 Å². The van der Waals surface area contributed by atoms with Crippen LogP contribution in [0.2, 0.25) is 10.0 Å². The third kappa shape index (κ3) is 4.50. The Morgan fingerprint density at radius 3 is 2.40 bits per heavy atom. The van der Waals surface area contributed by atoms with Gasteiger partial charge >= 0.3 is 0 Å². The van der Waals surface area contributed by atoms with E-state index in [0.717, 1.165) is 5.56 Å². The van der Waals surface area contributed by atoms with Crippen LogP contribution in [-0.4, -0.2) is 11.8 Å². The topological polar surface area (TPSA) is 58.2 Å². The van der Waals surface area contributed by atoms with Gasteiger partial charge in [0.05, 0.1) is 16.9 Å². The molecule has 4 nitrogen and oxygen atoms in total. The molecule has 2 aromatic carbocycles. The van der Waals surface area contributed by atoms with E-state index in [4.69, 9.17) is 23.2 Å². The van der Waals surface area contributed by atoms with Crippen LogP contribution in [0.5, 0.6) is 0 Å². The number of anilines is 1. The summed E-state index contributed by atoms with van der Waals surface area (Å²) in [4.78, 5) is 24.3. The molecule has 1 aliphatic rings. The number of rotatable bonds is 5. The van der Waals surface area contributed by atoms with Crippen LogP contribution in [0.15, 0.2) is 42.5 Å². The summed E-state index contributed by atoms with van der Waals surface area (Å²) in [6.07, 6.45) is 0.493. The lowest BCUT2D eigenvalue weighted by molar-refractivity contribution is -0.125. The third-order valence-corrected chi connectivity index (χ3v) is 4.57. The van der Waals surface area contributed by atoms with E-state index in [-0.39, 0.29) is 28.7 Å². The van der Waals surface area contributed by atoms with Crippen LogP contribution >= 0.6 is 23.2 Å². The monoisotopic (exact) mass is 380 g/mol. The van der Waals surface area contributed by atoms with E-state index >= 15 is 0 Å². The van der Waals surface area contributed by atoms with Gasteiger partial charge in [-0.2, -0.15) is 0 Å². The van der Waals surface area contributed by atoms with Crippen molar-refractivity contribution in [2.45, 2.75) is 13.0 Å². The van der Waals surface area contributed by atoms with Crippen molar-refractivity contribution < 1.29 is 14.0 Å². The van der Waals surface area contributed by atoms with Gasteiger partial charge in [0.2, 0.25) is 11.8 Å². The number of hydrogen-bond acceptors (Lipinski definition) is 2. The molecule has 0 spiro atoms. The molecule has 2 N–H and O–H groups in total. The Hall–Kier alpha value is -2.11. The van der Waals surface area contributed by atoms with E-state index in [1.807, 2.05) is 12.1 Å². The van der Waals surface area contributed by atoms with Gasteiger partial charge in [-0.1, -0.05) is 35.3 Å². The number of carbonyl (C=O) groups excluding carboxylic acids is 2. The zero-order valence-corrected chi connectivity index (χ0v) is 14.6. The Kier molecular flexibility index (Phi) is 5.25. The lowest BCUT2D eigenvalue weighted by Gasteiger charge is -2.07. The largest absolute Gasteiger partial charge is 0.352 e. The molecule has 1 saturated carbocycles. The van der Waals surface area contributed by atoms with Crippen molar-refractivity contribution in [3.05, 3.63) is 63.9 Å². The number of hydrogen-bond donors (Lipinski definition) is 2. The minimum Gasteiger partial charge on any atom is -0.352 e. The molecule has 0 radical (unpaired) electrons. The highest BCUT2D eigenvalue weighted by Gasteiger charge is 2.47. The van der Waals surface area contributed by atoms with Crippen LogP contribution in [0.1, 0.15) is 12.0 Å². The smallest absolute Gasteiger partial charge is 0.228 e. The molecular weight excluding hydrogens is 366 g/mol. The fourth-order valence-electron chi connectivity index (χ4n) is 2.51. The number of amides is 2. The normalized spacial score (nSPS) is 18.5. The zero-order valence-electron chi connectivity index (χ0n) is 13.1. The van der Waals surface area contributed by atoms with Gasteiger partial charge in [0.15, 0.2) is 0 Å². The van der Waals surface area contributed by atoms with Gasteiger partial charge in [-0.05, 0) is 42.3 Å². The second-order valence-corrected chi connectivity index (χ2v) is 6.75. The van der Waals surface area contributed by atoms with Gasteiger partial charge < -0.3 is 10.6 Å². The Bertz CT molecular complexity index is 811. The predicted molar refractivity (Wildman–Crippen MR) is 94.9 cm³/mol. The lowest BCUT2D eigenvalue weighted by atomic mass is 10.2. The molecule has 25 heavy (non-hydrogen) atoms. The quantitative estimate of drug-likeness (QED) is 0.822. The number of benzene rings is 2. The number of carbonyl (C=O) groups is 2. The van der Waals surface area contributed by atoms with E-state index in [0.29, 0.717) is 23.7 Å². The molecule has 2 unspecified atom stereocenters. The SMILES string of the molecule is O=C(NCc1ccc(Cl)cc1)C1CC1C(=O)Nc1ccc(F)c(Cl)c1. The molecule has 7 heteroatoms. The highest BCUT2D eigenvalue weighted by atomic mass is 35.5. The van der Waals surface area contributed by atoms with E-state index in [1.165, 1.54) is 18.2 Å². The molecule has 2 aromatic rings. The molecule has 2 amide bonds. The zero-order chi connectivity index (χ0) is 18.0. The fourth-order valence-corrected chi connectivity index (χ4v) is 2.81. The number of halogens is 3. The second-order valence-electron chi connectivity index (χ2n) is 5.91. The van der Waals surface area contributed by atoms with Crippen molar-refractivity contribution in [3.8, 4) is 0 Å². The van der Waals surface area contributed by atoms with Crippen LogP contribution in [0.25, 0.3) is 0 Å². The summed E-state index contributed by atoms with van der Waals surface area (Å²) in [5, 5.41) is 6.04. The molecule has 130 valence electrons. The van der Waals surface area contributed by atoms with E-state index in [2.05, 4.69) is 10.6 Å². The Morgan fingerprint density at radius 2 is 1.72 bits per heavy atom. The molecule has 0 aliphatic heterocycles. The van der Waals surface area contributed by atoms with Crippen molar-refractivity contribution in [1.82, 2.24) is 5.32 Å². The average Bonchev–Trinajstić information content (AvgIpc) is 3.38. The summed E-state index contributed by atoms with van der Waals surface area (Å²) in [6, 6.07) is 11.1. The molecule has 2 atom stereocenters. The maximum Gasteiger partial charge on any atom is 0.228 e. The first-order chi connectivity index (χ1) is 11.9. The minimum atomic E-state index is -0.550. The molecule has 3 rings (SSSR count). The Labute approximate surface area is 154 Å². The Balaban J connectivity index is 1.49. The summed E-state index contributed by atoms with van der Waals surface area (Å²) in [5.74, 6) is -1.70. The van der Waals surface area contributed by atoms with Crippen molar-refractivity contribution in [1.29, 1.82) is 0 Å². The van der Waals surface area contributed by atoms with E-state index in [1.54, 1.807) is 12.1 Å². The Morgan fingerprint density at radius 1 is 1.04 bits per heavy atom. The van der Waals surface area contributed by atoms with E-state index < -0.39 is 5.82 Å². The van der Waals surface area contributed by atoms with Gasteiger partial charge in [0.1, 0.15) is 5.82 Å². The van der Waals surface area contributed by atoms with E-state index in [9.17, 15) is 14.0 Å². The molecule has 0 aromatic heterocycles. The second kappa shape index (κ2) is 7.42. The lowest BCUT2D eigenvalue weighted by Crippen LogP contribution is -2.27. The standard InChI is InChI=1S/C18H15Cl2FN2O2/c19-11-3-1-10(2-4-11)9-22-17(24)13-8-14(13)18(25)23-12-5-6-16(21)15(20)7-12/h1-7,13-14H,8-9H2,(H,22,24)(H,23,25). The molecule has 0 saturated heterocycles. The maximum atomic E-state index is 13.1. The maximum absolute atomic E-state index is 13.1. The van der Waals surface area contributed by atoms with Crippen LogP contribution in [0, 0.1) is 17.7 Å². The first kappa shape index (κ1) is 17.7. The summed E-state index contributed by atoms with van der Waals surface area (Å²) in [6.45, 7) is 0.383. The summed E-state index contributed by atoms with van der Waals surface area (Å²) < 4.78 is 13.1.